The van der Waals surface area contributed by atoms with Crippen molar-refractivity contribution in [3.05, 3.63) is 58.1 Å². The highest BCUT2D eigenvalue weighted by Crippen LogP contribution is 2.29. The van der Waals surface area contributed by atoms with Crippen LogP contribution in [0.2, 0.25) is 0 Å². The van der Waals surface area contributed by atoms with Gasteiger partial charge >= 0.3 is 0 Å². The number of benzene rings is 2. The lowest BCUT2D eigenvalue weighted by Crippen LogP contribution is -2.13. The van der Waals surface area contributed by atoms with E-state index >= 15 is 0 Å². The summed E-state index contributed by atoms with van der Waals surface area (Å²) in [5, 5.41) is 8.95. The predicted molar refractivity (Wildman–Crippen MR) is 80.8 cm³/mol. The molecule has 1 N–H and O–H groups in total. The summed E-state index contributed by atoms with van der Waals surface area (Å²) in [7, 11) is -3.67. The van der Waals surface area contributed by atoms with Crippen LogP contribution in [0.15, 0.2) is 51.8 Å². The van der Waals surface area contributed by atoms with Crippen molar-refractivity contribution in [2.75, 3.05) is 4.72 Å². The zero-order valence-electron chi connectivity index (χ0n) is 10.6. The molecule has 0 aliphatic heterocycles. The molecule has 0 fully saturated rings. The Hall–Kier alpha value is -1.84. The van der Waals surface area contributed by atoms with Crippen LogP contribution in [0.4, 0.5) is 5.69 Å². The van der Waals surface area contributed by atoms with Gasteiger partial charge in [0.25, 0.3) is 10.0 Å². The molecule has 0 unspecified atom stereocenters. The summed E-state index contributed by atoms with van der Waals surface area (Å²) in [5.41, 5.74) is 1.54. The van der Waals surface area contributed by atoms with Crippen LogP contribution in [0.25, 0.3) is 0 Å². The van der Waals surface area contributed by atoms with Crippen molar-refractivity contribution in [1.82, 2.24) is 0 Å². The Bertz CT molecular complexity index is 781. The first-order valence-corrected chi connectivity index (χ1v) is 8.00. The van der Waals surface area contributed by atoms with Crippen LogP contribution >= 0.6 is 15.9 Å². The van der Waals surface area contributed by atoms with Crippen LogP contribution in [0.5, 0.6) is 0 Å². The third-order valence-electron chi connectivity index (χ3n) is 2.68. The summed E-state index contributed by atoms with van der Waals surface area (Å²) >= 11 is 3.33. The minimum absolute atomic E-state index is 0.173. The maximum Gasteiger partial charge on any atom is 0.261 e. The highest BCUT2D eigenvalue weighted by molar-refractivity contribution is 9.10. The monoisotopic (exact) mass is 350 g/mol. The minimum atomic E-state index is -3.67. The third-order valence-corrected chi connectivity index (χ3v) is 5.12. The van der Waals surface area contributed by atoms with Gasteiger partial charge in [0, 0.05) is 4.47 Å². The molecule has 102 valence electrons. The molecule has 4 nitrogen and oxygen atoms in total. The van der Waals surface area contributed by atoms with Crippen LogP contribution in [-0.2, 0) is 10.0 Å². The van der Waals surface area contributed by atoms with E-state index in [4.69, 9.17) is 5.26 Å². The summed E-state index contributed by atoms with van der Waals surface area (Å²) in [5.74, 6) is 0. The lowest BCUT2D eigenvalue weighted by molar-refractivity contribution is 0.601. The van der Waals surface area contributed by atoms with Crippen LogP contribution < -0.4 is 4.72 Å². The normalized spacial score (nSPS) is 10.8. The van der Waals surface area contributed by atoms with Gasteiger partial charge in [-0.1, -0.05) is 18.2 Å². The molecule has 0 aliphatic carbocycles. The summed E-state index contributed by atoms with van der Waals surface area (Å²) in [4.78, 5) is 0.173. The van der Waals surface area contributed by atoms with E-state index < -0.39 is 10.0 Å². The number of rotatable bonds is 3. The van der Waals surface area contributed by atoms with Gasteiger partial charge in [-0.2, -0.15) is 5.26 Å². The number of nitriles is 1. The molecule has 2 aromatic carbocycles. The summed E-state index contributed by atoms with van der Waals surface area (Å²) in [6, 6.07) is 13.3. The fraction of sp³-hybridized carbons (Fsp3) is 0.0714. The largest absolute Gasteiger partial charge is 0.278 e. The van der Waals surface area contributed by atoms with Gasteiger partial charge in [0.2, 0.25) is 0 Å². The van der Waals surface area contributed by atoms with Crippen molar-refractivity contribution in [2.45, 2.75) is 11.8 Å². The summed E-state index contributed by atoms with van der Waals surface area (Å²) in [6.45, 7) is 1.80. The number of anilines is 1. The van der Waals surface area contributed by atoms with E-state index in [-0.39, 0.29) is 4.90 Å². The fourth-order valence-electron chi connectivity index (χ4n) is 1.71. The van der Waals surface area contributed by atoms with E-state index in [1.54, 1.807) is 31.2 Å². The number of halogens is 1. The molecule has 2 aromatic rings. The smallest absolute Gasteiger partial charge is 0.261 e. The number of nitrogens with zero attached hydrogens (tertiary/aromatic N) is 1. The molecule has 0 saturated carbocycles. The molecule has 0 bridgehead atoms. The van der Waals surface area contributed by atoms with Crippen molar-refractivity contribution < 1.29 is 8.42 Å². The minimum Gasteiger partial charge on any atom is -0.278 e. The van der Waals surface area contributed by atoms with Crippen LogP contribution in [-0.4, -0.2) is 8.42 Å². The highest BCUT2D eigenvalue weighted by atomic mass is 79.9. The second kappa shape index (κ2) is 5.65. The molecule has 0 atom stereocenters. The van der Waals surface area contributed by atoms with Gasteiger partial charge in [0.1, 0.15) is 0 Å². The average molecular weight is 351 g/mol. The Kier molecular flexibility index (Phi) is 4.12. The van der Waals surface area contributed by atoms with E-state index in [0.717, 1.165) is 5.56 Å². The Morgan fingerprint density at radius 1 is 1.20 bits per heavy atom. The summed E-state index contributed by atoms with van der Waals surface area (Å²) in [6.07, 6.45) is 0. The molecule has 20 heavy (non-hydrogen) atoms. The van der Waals surface area contributed by atoms with Crippen LogP contribution in [0.1, 0.15) is 11.1 Å². The highest BCUT2D eigenvalue weighted by Gasteiger charge is 2.16. The van der Waals surface area contributed by atoms with E-state index in [1.165, 1.54) is 18.2 Å². The fourth-order valence-corrected chi connectivity index (χ4v) is 3.25. The molecule has 6 heteroatoms. The summed E-state index contributed by atoms with van der Waals surface area (Å²) < 4.78 is 27.6. The maximum absolute atomic E-state index is 12.2. The number of sulfonamides is 1. The molecule has 0 heterocycles. The number of hydrogen-bond donors (Lipinski definition) is 1. The van der Waals surface area contributed by atoms with Crippen molar-refractivity contribution in [2.24, 2.45) is 0 Å². The van der Waals surface area contributed by atoms with Crippen molar-refractivity contribution in [3.8, 4) is 6.07 Å². The Labute approximate surface area is 126 Å². The zero-order chi connectivity index (χ0) is 14.8. The average Bonchev–Trinajstić information content (AvgIpc) is 2.44. The molecule has 0 amide bonds. The van der Waals surface area contributed by atoms with Crippen molar-refractivity contribution in [3.63, 3.8) is 0 Å². The van der Waals surface area contributed by atoms with E-state index in [2.05, 4.69) is 20.7 Å². The first-order valence-electron chi connectivity index (χ1n) is 5.72. The number of nitrogens with one attached hydrogen (secondary N) is 1. The molecule has 2 rings (SSSR count). The third kappa shape index (κ3) is 3.00. The molecule has 0 aliphatic rings. The Morgan fingerprint density at radius 2 is 1.85 bits per heavy atom. The Balaban J connectivity index is 2.45. The zero-order valence-corrected chi connectivity index (χ0v) is 13.0. The molecule has 0 radical (unpaired) electrons. The second-order valence-electron chi connectivity index (χ2n) is 4.19. The first kappa shape index (κ1) is 14.6. The van der Waals surface area contributed by atoms with Crippen molar-refractivity contribution >= 4 is 31.6 Å². The van der Waals surface area contributed by atoms with Gasteiger partial charge in [-0.25, -0.2) is 8.42 Å². The van der Waals surface area contributed by atoms with E-state index in [9.17, 15) is 8.42 Å². The van der Waals surface area contributed by atoms with Crippen molar-refractivity contribution in [1.29, 1.82) is 5.26 Å². The van der Waals surface area contributed by atoms with Gasteiger partial charge in [-0.3, -0.25) is 4.72 Å². The molecule has 0 saturated heterocycles. The molecule has 0 spiro atoms. The molecule has 0 aromatic heterocycles. The van der Waals surface area contributed by atoms with Gasteiger partial charge in [-0.05, 0) is 52.7 Å². The van der Waals surface area contributed by atoms with E-state index in [1.807, 2.05) is 6.07 Å². The van der Waals surface area contributed by atoms with Crippen LogP contribution in [0.3, 0.4) is 0 Å². The molecular formula is C14H11BrN2O2S. The van der Waals surface area contributed by atoms with Gasteiger partial charge in [0.05, 0.1) is 22.2 Å². The Morgan fingerprint density at radius 3 is 2.45 bits per heavy atom. The quantitative estimate of drug-likeness (QED) is 0.921. The van der Waals surface area contributed by atoms with E-state index in [0.29, 0.717) is 15.7 Å². The lowest BCUT2D eigenvalue weighted by atomic mass is 10.1. The second-order valence-corrected chi connectivity index (χ2v) is 6.66. The number of aryl methyl sites for hydroxylation is 1. The maximum atomic E-state index is 12.2. The SMILES string of the molecule is Cc1cc(C#N)cc(NS(=O)(=O)c2ccccc2)c1Br. The molecular weight excluding hydrogens is 340 g/mol. The van der Waals surface area contributed by atoms with Gasteiger partial charge in [-0.15, -0.1) is 0 Å². The van der Waals surface area contributed by atoms with Gasteiger partial charge in [0.15, 0.2) is 0 Å². The van der Waals surface area contributed by atoms with Gasteiger partial charge < -0.3 is 0 Å². The standard InChI is InChI=1S/C14H11BrN2O2S/c1-10-7-11(9-16)8-13(14(10)15)17-20(18,19)12-5-3-2-4-6-12/h2-8,17H,1H3. The number of hydrogen-bond acceptors (Lipinski definition) is 3. The first-order chi connectivity index (χ1) is 9.44. The topological polar surface area (TPSA) is 70.0 Å². The van der Waals surface area contributed by atoms with Crippen LogP contribution in [0, 0.1) is 18.3 Å². The lowest BCUT2D eigenvalue weighted by Gasteiger charge is -2.11. The predicted octanol–water partition coefficient (Wildman–Crippen LogP) is 3.43.